The van der Waals surface area contributed by atoms with E-state index in [1.165, 1.54) is 16.8 Å². The molecule has 8 heteroatoms. The first-order valence-electron chi connectivity index (χ1n) is 9.72. The number of carbonyl (C=O) groups is 3. The minimum atomic E-state index is -0.547. The molecule has 1 heterocycles. The number of nitrogens with zero attached hydrogens (tertiary/aromatic N) is 1. The number of benzene rings is 1. The lowest BCUT2D eigenvalue weighted by Gasteiger charge is -2.23. The van der Waals surface area contributed by atoms with Crippen molar-refractivity contribution in [1.29, 1.82) is 0 Å². The lowest BCUT2D eigenvalue weighted by atomic mass is 10.1. The summed E-state index contributed by atoms with van der Waals surface area (Å²) < 4.78 is 10.4. The number of rotatable bonds is 8. The van der Waals surface area contributed by atoms with E-state index in [0.29, 0.717) is 5.56 Å². The highest BCUT2D eigenvalue weighted by Crippen LogP contribution is 2.18. The van der Waals surface area contributed by atoms with Gasteiger partial charge in [-0.3, -0.25) is 9.59 Å². The summed E-state index contributed by atoms with van der Waals surface area (Å²) in [5.74, 6) is -1.15. The molecule has 8 nitrogen and oxygen atoms in total. The van der Waals surface area contributed by atoms with Crippen LogP contribution in [0, 0.1) is 0 Å². The molecule has 0 bridgehead atoms. The van der Waals surface area contributed by atoms with Crippen molar-refractivity contribution in [3.8, 4) is 0 Å². The molecule has 0 unspecified atom stereocenters. The molecule has 0 aromatic heterocycles. The summed E-state index contributed by atoms with van der Waals surface area (Å²) in [6.07, 6.45) is 1.99. The number of hydrogen-bond donors (Lipinski definition) is 2. The average Bonchev–Trinajstić information content (AvgIpc) is 3.51. The minimum Gasteiger partial charge on any atom is -0.452 e. The average molecular weight is 390 g/mol. The maximum absolute atomic E-state index is 12.2. The Bertz CT molecular complexity index is 696. The third-order valence-electron chi connectivity index (χ3n) is 4.92. The zero-order valence-electron chi connectivity index (χ0n) is 16.2. The van der Waals surface area contributed by atoms with Crippen LogP contribution in [-0.2, 0) is 25.6 Å². The maximum atomic E-state index is 12.2. The number of esters is 1. The van der Waals surface area contributed by atoms with Crippen molar-refractivity contribution in [3.05, 3.63) is 35.4 Å². The number of quaternary nitrogens is 1. The van der Waals surface area contributed by atoms with Gasteiger partial charge in [0.15, 0.2) is 6.61 Å². The topological polar surface area (TPSA) is 89.4 Å². The van der Waals surface area contributed by atoms with Gasteiger partial charge in [-0.25, -0.2) is 4.79 Å². The molecule has 2 amide bonds. The zero-order chi connectivity index (χ0) is 19.9. The number of hydrogen-bond acceptors (Lipinski definition) is 5. The molecule has 0 radical (unpaired) electrons. The molecule has 28 heavy (non-hydrogen) atoms. The summed E-state index contributed by atoms with van der Waals surface area (Å²) in [5.41, 5.74) is 1.55. The van der Waals surface area contributed by atoms with E-state index in [4.69, 9.17) is 9.47 Å². The van der Waals surface area contributed by atoms with Gasteiger partial charge in [-0.1, -0.05) is 12.1 Å². The van der Waals surface area contributed by atoms with E-state index in [1.807, 2.05) is 12.1 Å². The van der Waals surface area contributed by atoms with Crippen LogP contribution in [0.3, 0.4) is 0 Å². The van der Waals surface area contributed by atoms with Crippen LogP contribution in [-0.4, -0.2) is 75.2 Å². The van der Waals surface area contributed by atoms with Crippen molar-refractivity contribution in [2.24, 2.45) is 0 Å². The molecular formula is C20H28N3O5+. The van der Waals surface area contributed by atoms with Gasteiger partial charge in [0, 0.05) is 18.7 Å². The molecule has 0 atom stereocenters. The lowest BCUT2D eigenvalue weighted by Crippen LogP contribution is -3.12. The van der Waals surface area contributed by atoms with Gasteiger partial charge < -0.3 is 24.6 Å². The Kier molecular flexibility index (Phi) is 7.00. The van der Waals surface area contributed by atoms with Crippen LogP contribution in [0.2, 0.25) is 0 Å². The highest BCUT2D eigenvalue weighted by molar-refractivity contribution is 5.92. The van der Waals surface area contributed by atoms with Crippen molar-refractivity contribution in [2.75, 3.05) is 46.5 Å². The smallest absolute Gasteiger partial charge is 0.338 e. The first-order chi connectivity index (χ1) is 13.5. The van der Waals surface area contributed by atoms with Crippen molar-refractivity contribution in [1.82, 2.24) is 10.2 Å². The molecule has 152 valence electrons. The molecule has 1 aromatic carbocycles. The molecule has 2 aliphatic rings. The maximum Gasteiger partial charge on any atom is 0.338 e. The van der Waals surface area contributed by atoms with E-state index >= 15 is 0 Å². The van der Waals surface area contributed by atoms with Crippen LogP contribution in [0.1, 0.15) is 28.8 Å². The van der Waals surface area contributed by atoms with Crippen LogP contribution < -0.4 is 10.2 Å². The fourth-order valence-corrected chi connectivity index (χ4v) is 3.01. The molecule has 3 rings (SSSR count). The van der Waals surface area contributed by atoms with Gasteiger partial charge in [0.2, 0.25) is 5.91 Å². The number of morpholine rings is 1. The number of ether oxygens (including phenoxy) is 2. The van der Waals surface area contributed by atoms with Gasteiger partial charge in [-0.2, -0.15) is 0 Å². The second-order valence-electron chi connectivity index (χ2n) is 7.40. The third kappa shape index (κ3) is 6.31. The van der Waals surface area contributed by atoms with Gasteiger partial charge in [0.05, 0.1) is 25.3 Å². The Hall–Kier alpha value is -2.45. The molecule has 1 aromatic rings. The monoisotopic (exact) mass is 390 g/mol. The van der Waals surface area contributed by atoms with Gasteiger partial charge in [0.1, 0.15) is 19.6 Å². The minimum absolute atomic E-state index is 0.0363. The third-order valence-corrected chi connectivity index (χ3v) is 4.92. The molecule has 1 aliphatic carbocycles. The predicted molar refractivity (Wildman–Crippen MR) is 101 cm³/mol. The van der Waals surface area contributed by atoms with Crippen molar-refractivity contribution in [3.63, 3.8) is 0 Å². The van der Waals surface area contributed by atoms with E-state index in [2.05, 4.69) is 5.32 Å². The second kappa shape index (κ2) is 9.66. The Morgan fingerprint density at radius 3 is 2.50 bits per heavy atom. The van der Waals surface area contributed by atoms with Gasteiger partial charge in [-0.05, 0) is 25.0 Å². The highest BCUT2D eigenvalue weighted by atomic mass is 16.5. The van der Waals surface area contributed by atoms with Crippen molar-refractivity contribution in [2.45, 2.75) is 25.4 Å². The quantitative estimate of drug-likeness (QED) is 0.556. The van der Waals surface area contributed by atoms with Gasteiger partial charge in [-0.15, -0.1) is 0 Å². The summed E-state index contributed by atoms with van der Waals surface area (Å²) in [6.45, 7) is 4.01. The van der Waals surface area contributed by atoms with Crippen LogP contribution in [0.25, 0.3) is 0 Å². The molecule has 2 N–H and O–H groups in total. The molecular weight excluding hydrogens is 362 g/mol. The first-order valence-corrected chi connectivity index (χ1v) is 9.72. The fourth-order valence-electron chi connectivity index (χ4n) is 3.01. The summed E-state index contributed by atoms with van der Waals surface area (Å²) in [5, 5.41) is 2.82. The van der Waals surface area contributed by atoms with E-state index < -0.39 is 11.9 Å². The highest BCUT2D eigenvalue weighted by Gasteiger charge is 2.24. The molecule has 1 saturated heterocycles. The normalized spacial score (nSPS) is 17.0. The second-order valence-corrected chi connectivity index (χ2v) is 7.40. The molecule has 0 spiro atoms. The molecule has 2 fully saturated rings. The fraction of sp³-hybridized carbons (Fsp3) is 0.550. The van der Waals surface area contributed by atoms with Crippen LogP contribution in [0.4, 0.5) is 0 Å². The van der Waals surface area contributed by atoms with Crippen LogP contribution in [0.15, 0.2) is 24.3 Å². The summed E-state index contributed by atoms with van der Waals surface area (Å²) in [4.78, 5) is 38.6. The van der Waals surface area contributed by atoms with Crippen LogP contribution >= 0.6 is 0 Å². The number of nitrogens with one attached hydrogen (secondary N) is 2. The van der Waals surface area contributed by atoms with E-state index in [1.54, 1.807) is 12.1 Å². The Morgan fingerprint density at radius 1 is 1.18 bits per heavy atom. The Balaban J connectivity index is 1.40. The van der Waals surface area contributed by atoms with Crippen molar-refractivity contribution < 1.29 is 28.8 Å². The Morgan fingerprint density at radius 2 is 1.86 bits per heavy atom. The van der Waals surface area contributed by atoms with E-state index in [-0.39, 0.29) is 25.1 Å². The van der Waals surface area contributed by atoms with Gasteiger partial charge in [0.25, 0.3) is 5.91 Å². The number of likely N-dealkylation sites (N-methyl/N-ethyl adjacent to an activating group) is 1. The van der Waals surface area contributed by atoms with Crippen LogP contribution in [0.5, 0.6) is 0 Å². The molecule has 1 aliphatic heterocycles. The largest absolute Gasteiger partial charge is 0.452 e. The SMILES string of the molecule is CN(CC(=O)NC1CC1)C(=O)COC(=O)c1ccc(C[NH+]2CCOCC2)cc1. The lowest BCUT2D eigenvalue weighted by molar-refractivity contribution is -0.921. The van der Waals surface area contributed by atoms with Crippen molar-refractivity contribution >= 4 is 17.8 Å². The Labute approximate surface area is 164 Å². The zero-order valence-corrected chi connectivity index (χ0v) is 16.2. The number of amides is 2. The first kappa shape index (κ1) is 20.3. The number of carbonyl (C=O) groups excluding carboxylic acids is 3. The predicted octanol–water partition coefficient (Wildman–Crippen LogP) is -1.00. The standard InChI is InChI=1S/C20H27N3O5/c1-22(13-18(24)21-17-6-7-17)19(25)14-28-20(26)16-4-2-15(3-5-16)12-23-8-10-27-11-9-23/h2-5,17H,6-14H2,1H3,(H,21,24)/p+1. The summed E-state index contributed by atoms with van der Waals surface area (Å²) in [7, 11) is 1.52. The van der Waals surface area contributed by atoms with E-state index in [9.17, 15) is 14.4 Å². The van der Waals surface area contributed by atoms with E-state index in [0.717, 1.165) is 51.3 Å². The summed E-state index contributed by atoms with van der Waals surface area (Å²) >= 11 is 0. The molecule has 1 saturated carbocycles. The summed E-state index contributed by atoms with van der Waals surface area (Å²) in [6, 6.07) is 7.51. The van der Waals surface area contributed by atoms with Gasteiger partial charge >= 0.3 is 5.97 Å².